The van der Waals surface area contributed by atoms with Crippen LogP contribution in [-0.4, -0.2) is 44.8 Å². The number of H-pyrrole nitrogens is 1. The summed E-state index contributed by atoms with van der Waals surface area (Å²) in [6.07, 6.45) is 3.52. The van der Waals surface area contributed by atoms with Gasteiger partial charge < -0.3 is 4.90 Å². The number of benzene rings is 1. The number of carbonyl (C=O) groups excluding carboxylic acids is 1. The zero-order chi connectivity index (χ0) is 16.9. The molecule has 1 amide bonds. The van der Waals surface area contributed by atoms with Crippen molar-refractivity contribution in [2.45, 2.75) is 31.3 Å². The van der Waals surface area contributed by atoms with Crippen LogP contribution in [0.1, 0.15) is 26.2 Å². The van der Waals surface area contributed by atoms with Gasteiger partial charge in [-0.15, -0.1) is 5.10 Å². The van der Waals surface area contributed by atoms with E-state index in [0.29, 0.717) is 16.7 Å². The van der Waals surface area contributed by atoms with Gasteiger partial charge in [-0.25, -0.2) is 4.98 Å². The van der Waals surface area contributed by atoms with Gasteiger partial charge in [0, 0.05) is 23.1 Å². The number of hydrogen-bond donors (Lipinski definition) is 1. The average Bonchev–Trinajstić information content (AvgIpc) is 3.28. The highest BCUT2D eigenvalue weighted by Gasteiger charge is 2.26. The van der Waals surface area contributed by atoms with Crippen LogP contribution in [0.25, 0.3) is 11.4 Å². The van der Waals surface area contributed by atoms with Crippen molar-refractivity contribution in [3.63, 3.8) is 0 Å². The van der Waals surface area contributed by atoms with Crippen molar-refractivity contribution in [2.24, 2.45) is 5.92 Å². The van der Waals surface area contributed by atoms with Crippen LogP contribution in [0.4, 0.5) is 0 Å². The predicted octanol–water partition coefficient (Wildman–Crippen LogP) is 3.97. The van der Waals surface area contributed by atoms with Gasteiger partial charge in [-0.1, -0.05) is 52.8 Å². The Balaban J connectivity index is 1.58. The predicted molar refractivity (Wildman–Crippen MR) is 99.8 cm³/mol. The van der Waals surface area contributed by atoms with Crippen LogP contribution in [0.3, 0.4) is 0 Å². The van der Waals surface area contributed by atoms with E-state index in [1.54, 1.807) is 0 Å². The molecule has 0 spiro atoms. The molecule has 1 aliphatic carbocycles. The van der Waals surface area contributed by atoms with Crippen molar-refractivity contribution in [1.82, 2.24) is 20.1 Å². The Hall–Kier alpha value is -1.34. The molecule has 1 aromatic carbocycles. The third kappa shape index (κ3) is 4.60. The standard InChI is InChI=1S/C17H21BrN4OS/c1-2-9-22(10-12-7-8-12)15(23)11-24-17-19-16(20-21-17)13-5-3-4-6-14(13)18/h3-6,12H,2,7-11H2,1H3,(H,19,20,21). The number of amides is 1. The van der Waals surface area contributed by atoms with E-state index in [9.17, 15) is 4.79 Å². The summed E-state index contributed by atoms with van der Waals surface area (Å²) in [7, 11) is 0. The van der Waals surface area contributed by atoms with Crippen LogP contribution >= 0.6 is 27.7 Å². The molecule has 0 bridgehead atoms. The third-order valence-corrected chi connectivity index (χ3v) is 5.46. The van der Waals surface area contributed by atoms with Crippen LogP contribution in [-0.2, 0) is 4.79 Å². The fourth-order valence-electron chi connectivity index (χ4n) is 2.50. The second kappa shape index (κ2) is 8.16. The molecule has 3 rings (SSSR count). The fraction of sp³-hybridized carbons (Fsp3) is 0.471. The van der Waals surface area contributed by atoms with Crippen molar-refractivity contribution in [2.75, 3.05) is 18.8 Å². The van der Waals surface area contributed by atoms with E-state index < -0.39 is 0 Å². The maximum atomic E-state index is 12.4. The molecule has 128 valence electrons. The number of thioether (sulfide) groups is 1. The second-order valence-corrected chi connectivity index (χ2v) is 7.82. The molecule has 1 fully saturated rings. The van der Waals surface area contributed by atoms with E-state index in [1.165, 1.54) is 24.6 Å². The minimum atomic E-state index is 0.181. The number of nitrogens with one attached hydrogen (secondary N) is 1. The van der Waals surface area contributed by atoms with Gasteiger partial charge in [-0.05, 0) is 31.2 Å². The van der Waals surface area contributed by atoms with Crippen molar-refractivity contribution < 1.29 is 4.79 Å². The first-order chi connectivity index (χ1) is 11.7. The Morgan fingerprint density at radius 2 is 2.21 bits per heavy atom. The maximum Gasteiger partial charge on any atom is 0.233 e. The van der Waals surface area contributed by atoms with Crippen molar-refractivity contribution in [3.05, 3.63) is 28.7 Å². The smallest absolute Gasteiger partial charge is 0.233 e. The van der Waals surface area contributed by atoms with Crippen molar-refractivity contribution in [1.29, 1.82) is 0 Å². The third-order valence-electron chi connectivity index (χ3n) is 3.94. The van der Waals surface area contributed by atoms with Gasteiger partial charge >= 0.3 is 0 Å². The second-order valence-electron chi connectivity index (χ2n) is 6.02. The number of nitrogens with zero attached hydrogens (tertiary/aromatic N) is 3. The van der Waals surface area contributed by atoms with E-state index in [2.05, 4.69) is 38.0 Å². The summed E-state index contributed by atoms with van der Waals surface area (Å²) in [5.41, 5.74) is 0.963. The zero-order valence-corrected chi connectivity index (χ0v) is 16.1. The molecule has 0 saturated heterocycles. The summed E-state index contributed by atoms with van der Waals surface area (Å²) in [5, 5.41) is 7.77. The molecule has 5 nitrogen and oxygen atoms in total. The minimum Gasteiger partial charge on any atom is -0.342 e. The van der Waals surface area contributed by atoms with E-state index in [0.717, 1.165) is 35.5 Å². The lowest BCUT2D eigenvalue weighted by atomic mass is 10.2. The monoisotopic (exact) mass is 408 g/mol. The van der Waals surface area contributed by atoms with E-state index >= 15 is 0 Å². The van der Waals surface area contributed by atoms with Gasteiger partial charge in [-0.2, -0.15) is 0 Å². The van der Waals surface area contributed by atoms with Gasteiger partial charge in [0.2, 0.25) is 11.1 Å². The Morgan fingerprint density at radius 3 is 2.92 bits per heavy atom. The maximum absolute atomic E-state index is 12.4. The number of rotatable bonds is 8. The SMILES string of the molecule is CCCN(CC1CC1)C(=O)CSc1n[nH]c(-c2ccccc2Br)n1. The Morgan fingerprint density at radius 1 is 1.42 bits per heavy atom. The fourth-order valence-corrected chi connectivity index (χ4v) is 3.68. The number of halogens is 1. The summed E-state index contributed by atoms with van der Waals surface area (Å²) in [6, 6.07) is 7.86. The van der Waals surface area contributed by atoms with Crippen molar-refractivity contribution in [3.8, 4) is 11.4 Å². The lowest BCUT2D eigenvalue weighted by molar-refractivity contribution is -0.128. The number of aromatic nitrogens is 3. The molecular weight excluding hydrogens is 388 g/mol. The molecule has 1 saturated carbocycles. The van der Waals surface area contributed by atoms with E-state index in [4.69, 9.17) is 0 Å². The molecule has 1 aromatic heterocycles. The molecule has 1 heterocycles. The largest absolute Gasteiger partial charge is 0.342 e. The number of carbonyl (C=O) groups is 1. The summed E-state index contributed by atoms with van der Waals surface area (Å²) in [6.45, 7) is 3.86. The molecule has 1 aliphatic rings. The van der Waals surface area contributed by atoms with Crippen LogP contribution in [0.2, 0.25) is 0 Å². The van der Waals surface area contributed by atoms with Crippen molar-refractivity contribution >= 4 is 33.6 Å². The highest BCUT2D eigenvalue weighted by molar-refractivity contribution is 9.10. The summed E-state index contributed by atoms with van der Waals surface area (Å²) in [4.78, 5) is 18.9. The highest BCUT2D eigenvalue weighted by atomic mass is 79.9. The number of aromatic amines is 1. The summed E-state index contributed by atoms with van der Waals surface area (Å²) >= 11 is 4.91. The first-order valence-electron chi connectivity index (χ1n) is 8.25. The molecule has 7 heteroatoms. The molecule has 2 aromatic rings. The minimum absolute atomic E-state index is 0.181. The zero-order valence-electron chi connectivity index (χ0n) is 13.7. The summed E-state index contributed by atoms with van der Waals surface area (Å²) < 4.78 is 0.965. The average molecular weight is 409 g/mol. The molecular formula is C17H21BrN4OS. The number of hydrogen-bond acceptors (Lipinski definition) is 4. The lowest BCUT2D eigenvalue weighted by Gasteiger charge is -2.21. The van der Waals surface area contributed by atoms with Crippen LogP contribution in [0.15, 0.2) is 33.9 Å². The Labute approximate surface area is 154 Å². The van der Waals surface area contributed by atoms with Crippen LogP contribution in [0, 0.1) is 5.92 Å². The topological polar surface area (TPSA) is 61.9 Å². The molecule has 0 unspecified atom stereocenters. The molecule has 24 heavy (non-hydrogen) atoms. The molecule has 0 aliphatic heterocycles. The first kappa shape index (κ1) is 17.5. The van der Waals surface area contributed by atoms with E-state index in [1.807, 2.05) is 29.2 Å². The van der Waals surface area contributed by atoms with Gasteiger partial charge in [0.05, 0.1) is 5.75 Å². The molecule has 0 radical (unpaired) electrons. The summed E-state index contributed by atoms with van der Waals surface area (Å²) in [5.74, 6) is 2.00. The van der Waals surface area contributed by atoms with Gasteiger partial charge in [-0.3, -0.25) is 9.89 Å². The van der Waals surface area contributed by atoms with Crippen LogP contribution < -0.4 is 0 Å². The molecule has 1 N–H and O–H groups in total. The first-order valence-corrected chi connectivity index (χ1v) is 10.0. The quantitative estimate of drug-likeness (QED) is 0.671. The highest BCUT2D eigenvalue weighted by Crippen LogP contribution is 2.30. The van der Waals surface area contributed by atoms with Gasteiger partial charge in [0.15, 0.2) is 5.82 Å². The molecule has 0 atom stereocenters. The van der Waals surface area contributed by atoms with E-state index in [-0.39, 0.29) is 5.91 Å². The van der Waals surface area contributed by atoms with Gasteiger partial charge in [0.25, 0.3) is 0 Å². The normalized spacial score (nSPS) is 13.9. The Bertz CT molecular complexity index is 701. The van der Waals surface area contributed by atoms with Gasteiger partial charge in [0.1, 0.15) is 0 Å². The van der Waals surface area contributed by atoms with Crippen LogP contribution in [0.5, 0.6) is 0 Å². The Kier molecular flexibility index (Phi) is 5.94. The lowest BCUT2D eigenvalue weighted by Crippen LogP contribution is -2.34.